The normalized spacial score (nSPS) is 11.5. The minimum atomic E-state index is 0.502. The smallest absolute Gasteiger partial charge is 0.129 e. The van der Waals surface area contributed by atoms with Gasteiger partial charge in [-0.1, -0.05) is 49.1 Å². The summed E-state index contributed by atoms with van der Waals surface area (Å²) in [6.45, 7) is 7.98. The van der Waals surface area contributed by atoms with Crippen LogP contribution in [0.5, 0.6) is 0 Å². The molecule has 0 amide bonds. The van der Waals surface area contributed by atoms with E-state index < -0.39 is 0 Å². The fourth-order valence-corrected chi connectivity index (χ4v) is 1.30. The summed E-state index contributed by atoms with van der Waals surface area (Å²) in [7, 11) is 0. The SMILES string of the molecule is C=C/C=C\C(=C/C=C)NCc1ccc(Cl)nc1. The van der Waals surface area contributed by atoms with E-state index in [0.717, 1.165) is 11.3 Å². The molecule has 0 atom stereocenters. The highest BCUT2D eigenvalue weighted by atomic mass is 35.5. The molecule has 0 unspecified atom stereocenters. The van der Waals surface area contributed by atoms with E-state index in [4.69, 9.17) is 11.6 Å². The summed E-state index contributed by atoms with van der Waals surface area (Å²) in [5.74, 6) is 0. The Labute approximate surface area is 107 Å². The van der Waals surface area contributed by atoms with Gasteiger partial charge in [0.05, 0.1) is 0 Å². The molecule has 0 radical (unpaired) electrons. The maximum atomic E-state index is 5.71. The summed E-state index contributed by atoms with van der Waals surface area (Å²) in [6, 6.07) is 3.71. The minimum Gasteiger partial charge on any atom is -0.381 e. The molecule has 0 bridgehead atoms. The van der Waals surface area contributed by atoms with Crippen molar-refractivity contribution in [2.45, 2.75) is 6.54 Å². The number of allylic oxidation sites excluding steroid dienone is 5. The van der Waals surface area contributed by atoms with Crippen molar-refractivity contribution in [2.24, 2.45) is 0 Å². The monoisotopic (exact) mass is 246 g/mol. The molecule has 1 aromatic rings. The zero-order valence-corrected chi connectivity index (χ0v) is 10.3. The molecule has 0 saturated heterocycles. The number of halogens is 1. The summed E-state index contributed by atoms with van der Waals surface area (Å²) in [4.78, 5) is 4.02. The molecule has 0 saturated carbocycles. The third-order valence-corrected chi connectivity index (χ3v) is 2.22. The molecular formula is C14H15ClN2. The lowest BCUT2D eigenvalue weighted by molar-refractivity contribution is 0.828. The Hall–Kier alpha value is -1.80. The van der Waals surface area contributed by atoms with E-state index in [1.807, 2.05) is 24.3 Å². The van der Waals surface area contributed by atoms with Gasteiger partial charge in [-0.2, -0.15) is 0 Å². The lowest BCUT2D eigenvalue weighted by Crippen LogP contribution is -2.11. The molecule has 1 rings (SSSR count). The van der Waals surface area contributed by atoms with Gasteiger partial charge in [-0.3, -0.25) is 0 Å². The second kappa shape index (κ2) is 7.47. The Balaban J connectivity index is 2.60. The molecule has 1 aromatic heterocycles. The zero-order chi connectivity index (χ0) is 12.5. The fraction of sp³-hybridized carbons (Fsp3) is 0.0714. The van der Waals surface area contributed by atoms with E-state index >= 15 is 0 Å². The van der Waals surface area contributed by atoms with Crippen LogP contribution in [-0.4, -0.2) is 4.98 Å². The van der Waals surface area contributed by atoms with E-state index in [-0.39, 0.29) is 0 Å². The number of pyridine rings is 1. The lowest BCUT2D eigenvalue weighted by atomic mass is 10.2. The van der Waals surface area contributed by atoms with E-state index in [1.165, 1.54) is 0 Å². The second-order valence-corrected chi connectivity index (χ2v) is 3.68. The zero-order valence-electron chi connectivity index (χ0n) is 9.57. The second-order valence-electron chi connectivity index (χ2n) is 3.30. The van der Waals surface area contributed by atoms with Gasteiger partial charge in [0, 0.05) is 18.4 Å². The van der Waals surface area contributed by atoms with Crippen LogP contribution in [0.3, 0.4) is 0 Å². The number of hydrogen-bond acceptors (Lipinski definition) is 2. The fourth-order valence-electron chi connectivity index (χ4n) is 1.19. The van der Waals surface area contributed by atoms with Gasteiger partial charge in [-0.05, 0) is 23.8 Å². The van der Waals surface area contributed by atoms with Crippen LogP contribution in [0.2, 0.25) is 5.15 Å². The van der Waals surface area contributed by atoms with Crippen molar-refractivity contribution >= 4 is 11.6 Å². The van der Waals surface area contributed by atoms with Crippen molar-refractivity contribution in [2.75, 3.05) is 0 Å². The molecule has 88 valence electrons. The standard InChI is InChI=1S/C14H15ClN2/c1-3-5-7-13(6-4-2)16-10-12-8-9-14(15)17-11-12/h3-9,11,16H,1-2,10H2/b7-5-,13-6+. The average molecular weight is 247 g/mol. The van der Waals surface area contributed by atoms with Crippen molar-refractivity contribution in [3.8, 4) is 0 Å². The predicted octanol–water partition coefficient (Wildman–Crippen LogP) is 3.64. The molecule has 3 heteroatoms. The first-order valence-corrected chi connectivity index (χ1v) is 5.60. The van der Waals surface area contributed by atoms with E-state index in [2.05, 4.69) is 23.5 Å². The Morgan fingerprint density at radius 2 is 2.18 bits per heavy atom. The Morgan fingerprint density at radius 1 is 1.35 bits per heavy atom. The van der Waals surface area contributed by atoms with Crippen molar-refractivity contribution < 1.29 is 0 Å². The summed E-state index contributed by atoms with van der Waals surface area (Å²) >= 11 is 5.71. The highest BCUT2D eigenvalue weighted by Crippen LogP contribution is 2.05. The van der Waals surface area contributed by atoms with Crippen LogP contribution in [0, 0.1) is 0 Å². The summed E-state index contributed by atoms with van der Waals surface area (Å²) in [5, 5.41) is 3.77. The molecule has 0 aliphatic heterocycles. The number of nitrogens with one attached hydrogen (secondary N) is 1. The van der Waals surface area contributed by atoms with E-state index in [0.29, 0.717) is 11.7 Å². The van der Waals surface area contributed by atoms with Gasteiger partial charge in [0.15, 0.2) is 0 Å². The lowest BCUT2D eigenvalue weighted by Gasteiger charge is -2.06. The Bertz CT molecular complexity index is 430. The van der Waals surface area contributed by atoms with E-state index in [1.54, 1.807) is 24.4 Å². The molecule has 0 spiro atoms. The molecule has 0 aromatic carbocycles. The first-order chi connectivity index (χ1) is 8.26. The number of rotatable bonds is 6. The molecule has 1 N–H and O–H groups in total. The first-order valence-electron chi connectivity index (χ1n) is 5.22. The molecule has 17 heavy (non-hydrogen) atoms. The summed E-state index contributed by atoms with van der Waals surface area (Å²) in [6.07, 6.45) is 10.9. The summed E-state index contributed by atoms with van der Waals surface area (Å²) in [5.41, 5.74) is 2.03. The van der Waals surface area contributed by atoms with Gasteiger partial charge >= 0.3 is 0 Å². The first kappa shape index (κ1) is 13.3. The van der Waals surface area contributed by atoms with E-state index in [9.17, 15) is 0 Å². The van der Waals surface area contributed by atoms with Crippen LogP contribution in [0.1, 0.15) is 5.56 Å². The van der Waals surface area contributed by atoms with Gasteiger partial charge in [-0.25, -0.2) is 4.98 Å². The number of aromatic nitrogens is 1. The van der Waals surface area contributed by atoms with Crippen LogP contribution >= 0.6 is 11.6 Å². The number of hydrogen-bond donors (Lipinski definition) is 1. The quantitative estimate of drug-likeness (QED) is 0.612. The third kappa shape index (κ3) is 5.18. The molecule has 0 fully saturated rings. The Kier molecular flexibility index (Phi) is 5.83. The van der Waals surface area contributed by atoms with Crippen molar-refractivity contribution in [1.82, 2.24) is 10.3 Å². The van der Waals surface area contributed by atoms with Crippen LogP contribution in [0.15, 0.2) is 67.6 Å². The van der Waals surface area contributed by atoms with Crippen LogP contribution in [0.25, 0.3) is 0 Å². The van der Waals surface area contributed by atoms with Gasteiger partial charge < -0.3 is 5.32 Å². The highest BCUT2D eigenvalue weighted by molar-refractivity contribution is 6.29. The molecule has 0 aliphatic rings. The topological polar surface area (TPSA) is 24.9 Å². The minimum absolute atomic E-state index is 0.502. The van der Waals surface area contributed by atoms with Crippen LogP contribution in [0.4, 0.5) is 0 Å². The molecule has 1 heterocycles. The Morgan fingerprint density at radius 3 is 2.76 bits per heavy atom. The maximum absolute atomic E-state index is 5.71. The van der Waals surface area contributed by atoms with Gasteiger partial charge in [0.25, 0.3) is 0 Å². The third-order valence-electron chi connectivity index (χ3n) is 1.99. The van der Waals surface area contributed by atoms with Crippen LogP contribution < -0.4 is 5.32 Å². The average Bonchev–Trinajstić information content (AvgIpc) is 2.35. The predicted molar refractivity (Wildman–Crippen MR) is 73.7 cm³/mol. The molecule has 2 nitrogen and oxygen atoms in total. The van der Waals surface area contributed by atoms with Crippen LogP contribution in [-0.2, 0) is 6.54 Å². The molecule has 0 aliphatic carbocycles. The van der Waals surface area contributed by atoms with Crippen molar-refractivity contribution in [3.05, 3.63) is 78.3 Å². The maximum Gasteiger partial charge on any atom is 0.129 e. The number of nitrogens with zero attached hydrogens (tertiary/aromatic N) is 1. The van der Waals surface area contributed by atoms with Crippen molar-refractivity contribution in [1.29, 1.82) is 0 Å². The summed E-state index contributed by atoms with van der Waals surface area (Å²) < 4.78 is 0. The van der Waals surface area contributed by atoms with Gasteiger partial charge in [-0.15, -0.1) is 0 Å². The van der Waals surface area contributed by atoms with Crippen molar-refractivity contribution in [3.63, 3.8) is 0 Å². The van der Waals surface area contributed by atoms with Gasteiger partial charge in [0.1, 0.15) is 5.15 Å². The highest BCUT2D eigenvalue weighted by Gasteiger charge is 1.94. The largest absolute Gasteiger partial charge is 0.381 e. The van der Waals surface area contributed by atoms with Gasteiger partial charge in [0.2, 0.25) is 0 Å². The molecular weight excluding hydrogens is 232 g/mol.